The average molecular weight is 583 g/mol. The molecule has 0 radical (unpaired) electrons. The molecule has 0 aliphatic heterocycles. The molecule has 40 heavy (non-hydrogen) atoms. The molecule has 0 aliphatic rings. The molecule has 0 aromatic heterocycles. The first-order valence-electron chi connectivity index (χ1n) is 19.1. The Bertz CT molecular complexity index is 426. The SMILES string of the molecule is CCCCCCCCCCCCCCCCCCCCCCCCCCCCCC[C@H](S)CCCCCCCO. The third-order valence-corrected chi connectivity index (χ3v) is 9.60. The second kappa shape index (κ2) is 37.3. The van der Waals surface area contributed by atoms with Gasteiger partial charge in [0.15, 0.2) is 0 Å². The van der Waals surface area contributed by atoms with Crippen LogP contribution >= 0.6 is 12.6 Å². The predicted molar refractivity (Wildman–Crippen MR) is 187 cm³/mol. The molecule has 1 atom stereocenters. The highest BCUT2D eigenvalue weighted by Crippen LogP contribution is 2.19. The van der Waals surface area contributed by atoms with E-state index < -0.39 is 0 Å². The first kappa shape index (κ1) is 40.3. The fraction of sp³-hybridized carbons (Fsp3) is 1.00. The molecule has 0 bridgehead atoms. The molecule has 0 spiro atoms. The first-order chi connectivity index (χ1) is 19.8. The summed E-state index contributed by atoms with van der Waals surface area (Å²) in [6.07, 6.45) is 49.7. The number of aliphatic hydroxyl groups is 1. The minimum Gasteiger partial charge on any atom is -0.396 e. The Hall–Kier alpha value is 0.310. The summed E-state index contributed by atoms with van der Waals surface area (Å²) >= 11 is 4.79. The molecule has 0 aliphatic carbocycles. The van der Waals surface area contributed by atoms with Crippen LogP contribution in [0.2, 0.25) is 0 Å². The van der Waals surface area contributed by atoms with Crippen molar-refractivity contribution in [2.45, 2.75) is 237 Å². The zero-order chi connectivity index (χ0) is 29.0. The van der Waals surface area contributed by atoms with Gasteiger partial charge in [0.25, 0.3) is 0 Å². The lowest BCUT2D eigenvalue weighted by Gasteiger charge is -2.10. The Balaban J connectivity index is 3.08. The predicted octanol–water partition coefficient (Wildman–Crippen LogP) is 14.0. The van der Waals surface area contributed by atoms with Gasteiger partial charge in [0.05, 0.1) is 0 Å². The second-order valence-electron chi connectivity index (χ2n) is 13.3. The third-order valence-electron chi connectivity index (χ3n) is 9.09. The van der Waals surface area contributed by atoms with Crippen LogP contribution in [0.1, 0.15) is 232 Å². The van der Waals surface area contributed by atoms with Crippen LogP contribution in [0.4, 0.5) is 0 Å². The maximum absolute atomic E-state index is 8.82. The zero-order valence-corrected chi connectivity index (χ0v) is 28.8. The van der Waals surface area contributed by atoms with E-state index in [2.05, 4.69) is 6.92 Å². The minimum absolute atomic E-state index is 0.356. The van der Waals surface area contributed by atoms with Gasteiger partial charge < -0.3 is 5.11 Å². The summed E-state index contributed by atoms with van der Waals surface area (Å²) < 4.78 is 0. The van der Waals surface area contributed by atoms with Gasteiger partial charge in [-0.3, -0.25) is 0 Å². The molecular weight excluding hydrogens is 504 g/mol. The normalized spacial score (nSPS) is 12.4. The summed E-state index contributed by atoms with van der Waals surface area (Å²) in [4.78, 5) is 0. The molecule has 0 fully saturated rings. The van der Waals surface area contributed by atoms with Gasteiger partial charge in [0.2, 0.25) is 0 Å². The van der Waals surface area contributed by atoms with Crippen molar-refractivity contribution >= 4 is 12.6 Å². The highest BCUT2D eigenvalue weighted by atomic mass is 32.1. The van der Waals surface area contributed by atoms with Crippen LogP contribution < -0.4 is 0 Å². The lowest BCUT2D eigenvalue weighted by molar-refractivity contribution is 0.282. The highest BCUT2D eigenvalue weighted by Gasteiger charge is 2.03. The second-order valence-corrected chi connectivity index (χ2v) is 14.0. The number of thiol groups is 1. The lowest BCUT2D eigenvalue weighted by atomic mass is 10.0. The Morgan fingerprint density at radius 1 is 0.325 bits per heavy atom. The van der Waals surface area contributed by atoms with Crippen LogP contribution in [0.3, 0.4) is 0 Å². The standard InChI is InChI=1S/C38H78OS/c1-2-3-4-5-6-7-8-9-10-11-12-13-14-15-16-17-18-19-20-21-22-23-24-25-26-27-29-32-35-38(40)36-33-30-28-31-34-37-39/h38-40H,2-37H2,1H3/t38-/m0/s1. The van der Waals surface area contributed by atoms with Crippen molar-refractivity contribution in [2.24, 2.45) is 0 Å². The van der Waals surface area contributed by atoms with Gasteiger partial charge >= 0.3 is 0 Å². The van der Waals surface area contributed by atoms with Crippen molar-refractivity contribution in [3.05, 3.63) is 0 Å². The van der Waals surface area contributed by atoms with E-state index in [-0.39, 0.29) is 0 Å². The maximum atomic E-state index is 8.82. The summed E-state index contributed by atoms with van der Waals surface area (Å²) in [5.74, 6) is 0. The summed E-state index contributed by atoms with van der Waals surface area (Å²) in [7, 11) is 0. The van der Waals surface area contributed by atoms with E-state index in [1.807, 2.05) is 0 Å². The Morgan fingerprint density at radius 3 is 0.750 bits per heavy atom. The quantitative estimate of drug-likeness (QED) is 0.0556. The largest absolute Gasteiger partial charge is 0.396 e. The van der Waals surface area contributed by atoms with Crippen LogP contribution in [0.15, 0.2) is 0 Å². The van der Waals surface area contributed by atoms with E-state index in [0.29, 0.717) is 11.9 Å². The molecule has 2 heteroatoms. The maximum Gasteiger partial charge on any atom is 0.0431 e. The molecule has 1 N–H and O–H groups in total. The number of rotatable bonds is 36. The summed E-state index contributed by atoms with van der Waals surface area (Å²) in [6, 6.07) is 0. The topological polar surface area (TPSA) is 20.2 Å². The van der Waals surface area contributed by atoms with E-state index in [9.17, 15) is 0 Å². The van der Waals surface area contributed by atoms with Crippen LogP contribution in [-0.4, -0.2) is 17.0 Å². The first-order valence-corrected chi connectivity index (χ1v) is 19.6. The lowest BCUT2D eigenvalue weighted by Crippen LogP contribution is -1.98. The van der Waals surface area contributed by atoms with Crippen molar-refractivity contribution in [3.8, 4) is 0 Å². The van der Waals surface area contributed by atoms with Gasteiger partial charge in [-0.05, 0) is 19.3 Å². The van der Waals surface area contributed by atoms with Crippen LogP contribution in [0.25, 0.3) is 0 Å². The van der Waals surface area contributed by atoms with Crippen molar-refractivity contribution in [3.63, 3.8) is 0 Å². The highest BCUT2D eigenvalue weighted by molar-refractivity contribution is 7.80. The van der Waals surface area contributed by atoms with Gasteiger partial charge in [-0.15, -0.1) is 0 Å². The van der Waals surface area contributed by atoms with Crippen molar-refractivity contribution < 1.29 is 5.11 Å². The number of hydrogen-bond acceptors (Lipinski definition) is 2. The minimum atomic E-state index is 0.356. The Labute approximate surface area is 260 Å². The van der Waals surface area contributed by atoms with E-state index in [1.165, 1.54) is 218 Å². The monoisotopic (exact) mass is 583 g/mol. The Morgan fingerprint density at radius 2 is 0.525 bits per heavy atom. The number of unbranched alkanes of at least 4 members (excludes halogenated alkanes) is 31. The molecule has 0 saturated heterocycles. The van der Waals surface area contributed by atoms with E-state index in [4.69, 9.17) is 17.7 Å². The van der Waals surface area contributed by atoms with E-state index in [1.54, 1.807) is 0 Å². The van der Waals surface area contributed by atoms with Crippen molar-refractivity contribution in [1.82, 2.24) is 0 Å². The van der Waals surface area contributed by atoms with Crippen LogP contribution in [-0.2, 0) is 0 Å². The molecule has 0 saturated carbocycles. The third kappa shape index (κ3) is 36.3. The van der Waals surface area contributed by atoms with Gasteiger partial charge in [-0.2, -0.15) is 12.6 Å². The molecule has 0 aromatic carbocycles. The molecule has 0 amide bonds. The van der Waals surface area contributed by atoms with Gasteiger partial charge in [-0.1, -0.05) is 212 Å². The molecular formula is C38H78OS. The molecule has 242 valence electrons. The Kier molecular flexibility index (Phi) is 37.6. The van der Waals surface area contributed by atoms with Crippen molar-refractivity contribution in [2.75, 3.05) is 6.61 Å². The number of aliphatic hydroxyl groups excluding tert-OH is 1. The summed E-state index contributed by atoms with van der Waals surface area (Å²) in [5, 5.41) is 9.43. The average Bonchev–Trinajstić information content (AvgIpc) is 2.96. The van der Waals surface area contributed by atoms with Gasteiger partial charge in [-0.25, -0.2) is 0 Å². The molecule has 0 rings (SSSR count). The van der Waals surface area contributed by atoms with E-state index >= 15 is 0 Å². The van der Waals surface area contributed by atoms with Gasteiger partial charge in [0, 0.05) is 11.9 Å². The smallest absolute Gasteiger partial charge is 0.0431 e. The fourth-order valence-electron chi connectivity index (χ4n) is 6.22. The molecule has 0 aromatic rings. The summed E-state index contributed by atoms with van der Waals surface area (Å²) in [6.45, 7) is 2.66. The van der Waals surface area contributed by atoms with Crippen molar-refractivity contribution in [1.29, 1.82) is 0 Å². The van der Waals surface area contributed by atoms with Crippen LogP contribution in [0.5, 0.6) is 0 Å². The van der Waals surface area contributed by atoms with Gasteiger partial charge in [0.1, 0.15) is 0 Å². The zero-order valence-electron chi connectivity index (χ0n) is 27.9. The fourth-order valence-corrected chi connectivity index (χ4v) is 6.58. The molecule has 0 unspecified atom stereocenters. The molecule has 0 heterocycles. The van der Waals surface area contributed by atoms with E-state index in [0.717, 1.165) is 6.42 Å². The van der Waals surface area contributed by atoms with Crippen LogP contribution in [0, 0.1) is 0 Å². The number of hydrogen-bond donors (Lipinski definition) is 2. The summed E-state index contributed by atoms with van der Waals surface area (Å²) in [5.41, 5.74) is 0. The molecule has 1 nitrogen and oxygen atoms in total.